The Labute approximate surface area is 281 Å². The van der Waals surface area contributed by atoms with Gasteiger partial charge in [-0.3, -0.25) is 4.79 Å². The quantitative estimate of drug-likeness (QED) is 0.106. The number of carbonyl (C=O) groups excluding carboxylic acids is 1. The number of nitrogens with one attached hydrogen (secondary N) is 2. The molecular weight excluding hydrogens is 655 g/mol. The summed E-state index contributed by atoms with van der Waals surface area (Å²) in [6.45, 7) is 4.26. The molecule has 46 heavy (non-hydrogen) atoms. The lowest BCUT2D eigenvalue weighted by molar-refractivity contribution is -0.111. The molecule has 4 aromatic heterocycles. The zero-order valence-corrected chi connectivity index (χ0v) is 27.5. The van der Waals surface area contributed by atoms with E-state index in [1.807, 2.05) is 47.2 Å². The van der Waals surface area contributed by atoms with Crippen molar-refractivity contribution in [1.29, 1.82) is 0 Å². The highest BCUT2D eigenvalue weighted by molar-refractivity contribution is 7.15. The van der Waals surface area contributed by atoms with Crippen LogP contribution in [0.25, 0.3) is 35.5 Å². The molecule has 0 radical (unpaired) electrons. The number of amides is 1. The minimum absolute atomic E-state index is 0.254. The molecule has 0 saturated carbocycles. The molecule has 1 amide bonds. The molecule has 0 spiro atoms. The van der Waals surface area contributed by atoms with Gasteiger partial charge in [-0.1, -0.05) is 18.7 Å². The van der Waals surface area contributed by atoms with E-state index in [2.05, 4.69) is 53.6 Å². The second kappa shape index (κ2) is 14.6. The Morgan fingerprint density at radius 2 is 1.04 bits per heavy atom. The van der Waals surface area contributed by atoms with Crippen molar-refractivity contribution >= 4 is 98.1 Å². The summed E-state index contributed by atoms with van der Waals surface area (Å²) in [6, 6.07) is 28.0. The van der Waals surface area contributed by atoms with Crippen LogP contribution < -0.4 is 10.6 Å². The van der Waals surface area contributed by atoms with Crippen molar-refractivity contribution in [2.75, 3.05) is 10.6 Å². The van der Waals surface area contributed by atoms with Crippen LogP contribution in [0, 0.1) is 11.6 Å². The molecule has 0 aliphatic rings. The van der Waals surface area contributed by atoms with Gasteiger partial charge in [-0.15, -0.1) is 45.3 Å². The third-order valence-electron chi connectivity index (χ3n) is 6.66. The van der Waals surface area contributed by atoms with Crippen molar-refractivity contribution in [3.63, 3.8) is 0 Å². The van der Waals surface area contributed by atoms with Crippen LogP contribution in [0.15, 0.2) is 120 Å². The maximum absolute atomic E-state index is 13.4. The zero-order chi connectivity index (χ0) is 31.9. The average Bonchev–Trinajstić information content (AvgIpc) is 3.89. The Morgan fingerprint density at radius 3 is 1.54 bits per heavy atom. The molecule has 6 aromatic rings. The molecule has 9 heteroatoms. The van der Waals surface area contributed by atoms with E-state index < -0.39 is 0 Å². The van der Waals surface area contributed by atoms with Gasteiger partial charge in [0.15, 0.2) is 0 Å². The van der Waals surface area contributed by atoms with Crippen LogP contribution in [0.3, 0.4) is 0 Å². The predicted octanol–water partition coefficient (Wildman–Crippen LogP) is 11.7. The van der Waals surface area contributed by atoms with Gasteiger partial charge in [0.25, 0.3) is 5.91 Å². The third kappa shape index (κ3) is 8.13. The molecule has 2 aromatic carbocycles. The summed E-state index contributed by atoms with van der Waals surface area (Å²) in [6.07, 6.45) is 8.16. The molecule has 228 valence electrons. The highest BCUT2D eigenvalue weighted by Crippen LogP contribution is 2.33. The maximum atomic E-state index is 13.4. The van der Waals surface area contributed by atoms with Gasteiger partial charge in [-0.05, 0) is 120 Å². The minimum Gasteiger partial charge on any atom is -0.355 e. The van der Waals surface area contributed by atoms with Crippen molar-refractivity contribution in [2.24, 2.45) is 0 Å². The van der Waals surface area contributed by atoms with Crippen LogP contribution >= 0.6 is 45.3 Å². The van der Waals surface area contributed by atoms with E-state index in [1.54, 1.807) is 58.3 Å². The first kappa shape index (κ1) is 31.3. The summed E-state index contributed by atoms with van der Waals surface area (Å²) in [7, 11) is 0. The van der Waals surface area contributed by atoms with Crippen molar-refractivity contribution < 1.29 is 13.6 Å². The Balaban J connectivity index is 1.18. The third-order valence-corrected chi connectivity index (χ3v) is 10.5. The summed E-state index contributed by atoms with van der Waals surface area (Å²) in [5.41, 5.74) is 3.54. The van der Waals surface area contributed by atoms with E-state index >= 15 is 0 Å². The highest BCUT2D eigenvalue weighted by atomic mass is 32.1. The molecule has 3 nitrogen and oxygen atoms in total. The summed E-state index contributed by atoms with van der Waals surface area (Å²) in [5.74, 6) is -0.893. The van der Waals surface area contributed by atoms with Gasteiger partial charge in [0.1, 0.15) is 11.6 Å². The van der Waals surface area contributed by atoms with E-state index in [-0.39, 0.29) is 17.5 Å². The second-order valence-electron chi connectivity index (χ2n) is 9.96. The average molecular weight is 681 g/mol. The van der Waals surface area contributed by atoms with Crippen LogP contribution in [0.5, 0.6) is 0 Å². The van der Waals surface area contributed by atoms with Gasteiger partial charge in [0.05, 0.1) is 5.57 Å². The number of thiophene rings is 4. The van der Waals surface area contributed by atoms with E-state index in [4.69, 9.17) is 0 Å². The fourth-order valence-electron chi connectivity index (χ4n) is 4.45. The standard InChI is InChI=1S/C37H26F2N2OS4/c1-24(40-27-10-6-25(38)7-11-27)33(35-4-2-20-43-35)22-31-18-16-29(45-31)14-15-30-17-19-32(46-30)23-34(36-5-3-21-44-36)37(42)41-28-12-8-26(39)9-13-28/h2-23,40H,1H2,(H,41,42)/b15-14-,33-22-,34-23+. The number of benzene rings is 2. The van der Waals surface area contributed by atoms with E-state index in [1.165, 1.54) is 35.6 Å². The molecule has 0 aliphatic heterocycles. The van der Waals surface area contributed by atoms with Gasteiger partial charge in [0, 0.05) is 51.9 Å². The monoisotopic (exact) mass is 680 g/mol. The van der Waals surface area contributed by atoms with Crippen LogP contribution in [0.4, 0.5) is 20.2 Å². The first-order chi connectivity index (χ1) is 22.4. The van der Waals surface area contributed by atoms with Crippen molar-refractivity contribution in [3.8, 4) is 0 Å². The number of anilines is 2. The van der Waals surface area contributed by atoms with E-state index in [9.17, 15) is 13.6 Å². The van der Waals surface area contributed by atoms with Crippen molar-refractivity contribution in [1.82, 2.24) is 0 Å². The summed E-state index contributed by atoms with van der Waals surface area (Å²) >= 11 is 6.38. The van der Waals surface area contributed by atoms with Gasteiger partial charge >= 0.3 is 0 Å². The Kier molecular flexibility index (Phi) is 9.95. The molecule has 0 unspecified atom stereocenters. The van der Waals surface area contributed by atoms with Crippen LogP contribution in [0.2, 0.25) is 0 Å². The number of rotatable bonds is 11. The molecule has 6 rings (SSSR count). The Morgan fingerprint density at radius 1 is 0.587 bits per heavy atom. The lowest BCUT2D eigenvalue weighted by Gasteiger charge is -2.12. The fraction of sp³-hybridized carbons (Fsp3) is 0. The lowest BCUT2D eigenvalue weighted by atomic mass is 10.1. The van der Waals surface area contributed by atoms with Gasteiger partial charge < -0.3 is 10.6 Å². The SMILES string of the molecule is C=C(Nc1ccc(F)cc1)/C(=C/c1ccc(/C=C\c2ccc(/C=C(/C(=O)Nc3ccc(F)cc3)c3cccs3)s2)s1)c1cccs1. The van der Waals surface area contributed by atoms with Crippen molar-refractivity contribution in [2.45, 2.75) is 0 Å². The number of carbonyl (C=O) groups is 1. The number of allylic oxidation sites excluding steroid dienone is 1. The van der Waals surface area contributed by atoms with Crippen LogP contribution in [-0.2, 0) is 4.79 Å². The molecule has 0 fully saturated rings. The van der Waals surface area contributed by atoms with Crippen LogP contribution in [-0.4, -0.2) is 5.91 Å². The van der Waals surface area contributed by atoms with E-state index in [0.717, 1.165) is 46.2 Å². The smallest absolute Gasteiger partial charge is 0.257 e. The molecule has 4 heterocycles. The first-order valence-corrected chi connectivity index (χ1v) is 17.5. The first-order valence-electron chi connectivity index (χ1n) is 14.1. The Hall–Kier alpha value is -4.67. The maximum Gasteiger partial charge on any atom is 0.257 e. The largest absolute Gasteiger partial charge is 0.355 e. The molecule has 0 saturated heterocycles. The van der Waals surface area contributed by atoms with Crippen molar-refractivity contribution in [3.05, 3.63) is 161 Å². The number of hydrogen-bond acceptors (Lipinski definition) is 6. The summed E-state index contributed by atoms with van der Waals surface area (Å²) in [5, 5.41) is 10.1. The highest BCUT2D eigenvalue weighted by Gasteiger charge is 2.15. The fourth-order valence-corrected chi connectivity index (χ4v) is 7.67. The normalized spacial score (nSPS) is 12.0. The lowest BCUT2D eigenvalue weighted by Crippen LogP contribution is -2.12. The molecule has 0 aliphatic carbocycles. The Bertz CT molecular complexity index is 1880. The van der Waals surface area contributed by atoms with Gasteiger partial charge in [0.2, 0.25) is 0 Å². The minimum atomic E-state index is -0.355. The second-order valence-corrected chi connectivity index (χ2v) is 14.1. The predicted molar refractivity (Wildman–Crippen MR) is 196 cm³/mol. The number of halogens is 2. The summed E-state index contributed by atoms with van der Waals surface area (Å²) in [4.78, 5) is 19.3. The van der Waals surface area contributed by atoms with E-state index in [0.29, 0.717) is 11.3 Å². The topological polar surface area (TPSA) is 41.1 Å². The van der Waals surface area contributed by atoms with Gasteiger partial charge in [-0.2, -0.15) is 0 Å². The number of hydrogen-bond donors (Lipinski definition) is 2. The summed E-state index contributed by atoms with van der Waals surface area (Å²) < 4.78 is 26.7. The molecule has 0 atom stereocenters. The molecule has 0 bridgehead atoms. The van der Waals surface area contributed by atoms with Crippen LogP contribution in [0.1, 0.15) is 29.3 Å². The van der Waals surface area contributed by atoms with Gasteiger partial charge in [-0.25, -0.2) is 8.78 Å². The molecule has 2 N–H and O–H groups in total. The molecular formula is C37H26F2N2OS4. The zero-order valence-electron chi connectivity index (χ0n) is 24.2.